The molecule has 1 heterocycles. The highest BCUT2D eigenvalue weighted by molar-refractivity contribution is 5.98. The molecule has 3 aromatic rings. The molecule has 0 aliphatic heterocycles. The monoisotopic (exact) mass is 282 g/mol. The van der Waals surface area contributed by atoms with Crippen molar-refractivity contribution >= 4 is 16.8 Å². The summed E-state index contributed by atoms with van der Waals surface area (Å²) in [6.07, 6.45) is 0. The van der Waals surface area contributed by atoms with Gasteiger partial charge in [0.2, 0.25) is 5.78 Å². The number of carbonyl (C=O) groups is 1. The van der Waals surface area contributed by atoms with Crippen LogP contribution in [0.3, 0.4) is 0 Å². The van der Waals surface area contributed by atoms with Gasteiger partial charge in [-0.25, -0.2) is 0 Å². The molecule has 1 aromatic heterocycles. The Morgan fingerprint density at radius 3 is 2.52 bits per heavy atom. The van der Waals surface area contributed by atoms with Crippen LogP contribution in [0, 0.1) is 0 Å². The van der Waals surface area contributed by atoms with E-state index in [1.807, 2.05) is 36.4 Å². The van der Waals surface area contributed by atoms with Crippen molar-refractivity contribution in [3.63, 3.8) is 0 Å². The second kappa shape index (κ2) is 5.71. The van der Waals surface area contributed by atoms with Crippen molar-refractivity contribution < 1.29 is 18.7 Å². The Kier molecular flexibility index (Phi) is 3.60. The second-order valence-electron chi connectivity index (χ2n) is 4.51. The number of hydrogen-bond donors (Lipinski definition) is 0. The van der Waals surface area contributed by atoms with Crippen LogP contribution in [0.4, 0.5) is 0 Å². The highest BCUT2D eigenvalue weighted by Crippen LogP contribution is 2.26. The molecule has 0 saturated carbocycles. The number of methoxy groups -OCH3 is 1. The normalized spacial score (nSPS) is 10.5. The molecule has 2 aromatic carbocycles. The summed E-state index contributed by atoms with van der Waals surface area (Å²) < 4.78 is 16.2. The van der Waals surface area contributed by atoms with Crippen molar-refractivity contribution in [3.05, 3.63) is 60.4 Å². The van der Waals surface area contributed by atoms with Crippen molar-refractivity contribution in [2.45, 2.75) is 0 Å². The number of furan rings is 1. The molecule has 3 rings (SSSR count). The quantitative estimate of drug-likeness (QED) is 0.669. The van der Waals surface area contributed by atoms with Gasteiger partial charge in [0.15, 0.2) is 23.9 Å². The molecule has 0 bridgehead atoms. The molecular weight excluding hydrogens is 268 g/mol. The van der Waals surface area contributed by atoms with E-state index < -0.39 is 0 Å². The van der Waals surface area contributed by atoms with E-state index in [0.29, 0.717) is 22.8 Å². The molecule has 0 spiro atoms. The third kappa shape index (κ3) is 2.74. The van der Waals surface area contributed by atoms with Gasteiger partial charge in [-0.15, -0.1) is 0 Å². The highest BCUT2D eigenvalue weighted by Gasteiger charge is 2.14. The van der Waals surface area contributed by atoms with Gasteiger partial charge in [0.1, 0.15) is 5.58 Å². The van der Waals surface area contributed by atoms with Crippen LogP contribution in [-0.4, -0.2) is 19.5 Å². The summed E-state index contributed by atoms with van der Waals surface area (Å²) in [5.74, 6) is 1.21. The van der Waals surface area contributed by atoms with Crippen molar-refractivity contribution in [3.8, 4) is 11.5 Å². The highest BCUT2D eigenvalue weighted by atomic mass is 16.5. The lowest BCUT2D eigenvalue weighted by Gasteiger charge is -2.08. The standard InChI is InChI=1S/C17H14O4/c1-19-15-8-4-5-9-16(15)20-11-13(18)17-10-12-6-2-3-7-14(12)21-17/h2-10H,11H2,1H3. The summed E-state index contributed by atoms with van der Waals surface area (Å²) in [5.41, 5.74) is 0.693. The molecule has 0 aliphatic carbocycles. The maximum atomic E-state index is 12.1. The van der Waals surface area contributed by atoms with Gasteiger partial charge in [-0.05, 0) is 24.3 Å². The lowest BCUT2D eigenvalue weighted by molar-refractivity contribution is 0.0894. The molecule has 0 amide bonds. The predicted molar refractivity (Wildman–Crippen MR) is 79.0 cm³/mol. The van der Waals surface area contributed by atoms with Crippen LogP contribution in [0.15, 0.2) is 59.0 Å². The van der Waals surface area contributed by atoms with Gasteiger partial charge in [-0.1, -0.05) is 30.3 Å². The van der Waals surface area contributed by atoms with Gasteiger partial charge in [-0.2, -0.15) is 0 Å². The van der Waals surface area contributed by atoms with Gasteiger partial charge in [0.25, 0.3) is 0 Å². The molecule has 0 fully saturated rings. The first kappa shape index (κ1) is 13.2. The predicted octanol–water partition coefficient (Wildman–Crippen LogP) is 3.70. The maximum absolute atomic E-state index is 12.1. The molecule has 106 valence electrons. The van der Waals surface area contributed by atoms with Gasteiger partial charge >= 0.3 is 0 Å². The average Bonchev–Trinajstić information content (AvgIpc) is 2.97. The van der Waals surface area contributed by atoms with Gasteiger partial charge in [0.05, 0.1) is 7.11 Å². The molecule has 0 aliphatic rings. The number of benzene rings is 2. The first-order valence-electron chi connectivity index (χ1n) is 6.55. The fourth-order valence-corrected chi connectivity index (χ4v) is 2.07. The van der Waals surface area contributed by atoms with Crippen LogP contribution in [0.25, 0.3) is 11.0 Å². The van der Waals surface area contributed by atoms with Gasteiger partial charge in [0, 0.05) is 5.39 Å². The number of fused-ring (bicyclic) bond motifs is 1. The van der Waals surface area contributed by atoms with Crippen LogP contribution >= 0.6 is 0 Å². The first-order valence-corrected chi connectivity index (χ1v) is 6.55. The van der Waals surface area contributed by atoms with Crippen LogP contribution < -0.4 is 9.47 Å². The number of ketones is 1. The minimum Gasteiger partial charge on any atom is -0.493 e. The molecule has 0 atom stereocenters. The Bertz CT molecular complexity index is 740. The lowest BCUT2D eigenvalue weighted by Crippen LogP contribution is -2.11. The van der Waals surface area contributed by atoms with Crippen molar-refractivity contribution in [1.29, 1.82) is 0 Å². The number of carbonyl (C=O) groups excluding carboxylic acids is 1. The van der Waals surface area contributed by atoms with Crippen molar-refractivity contribution in [2.75, 3.05) is 13.7 Å². The Balaban J connectivity index is 1.74. The molecule has 0 N–H and O–H groups in total. The van der Waals surface area contributed by atoms with Gasteiger partial charge in [-0.3, -0.25) is 4.79 Å². The lowest BCUT2D eigenvalue weighted by atomic mass is 10.2. The Morgan fingerprint density at radius 1 is 1.05 bits per heavy atom. The summed E-state index contributed by atoms with van der Waals surface area (Å²) in [7, 11) is 1.56. The number of para-hydroxylation sites is 3. The van der Waals surface area contributed by atoms with Crippen LogP contribution in [0.2, 0.25) is 0 Å². The van der Waals surface area contributed by atoms with E-state index in [1.165, 1.54) is 0 Å². The number of ether oxygens (including phenoxy) is 2. The third-order valence-electron chi connectivity index (χ3n) is 3.13. The first-order chi connectivity index (χ1) is 10.3. The van der Waals surface area contributed by atoms with Crippen molar-refractivity contribution in [1.82, 2.24) is 0 Å². The zero-order valence-corrected chi connectivity index (χ0v) is 11.5. The Morgan fingerprint density at radius 2 is 1.76 bits per heavy atom. The topological polar surface area (TPSA) is 48.7 Å². The van der Waals surface area contributed by atoms with Crippen LogP contribution in [-0.2, 0) is 0 Å². The number of rotatable bonds is 5. The minimum atomic E-state index is -0.211. The molecular formula is C17H14O4. The summed E-state index contributed by atoms with van der Waals surface area (Å²) in [6, 6.07) is 16.4. The Labute approximate surface area is 121 Å². The SMILES string of the molecule is COc1ccccc1OCC(=O)c1cc2ccccc2o1. The molecule has 21 heavy (non-hydrogen) atoms. The molecule has 0 unspecified atom stereocenters. The van der Waals surface area contributed by atoms with Crippen LogP contribution in [0.1, 0.15) is 10.6 Å². The van der Waals surface area contributed by atoms with Crippen molar-refractivity contribution in [2.24, 2.45) is 0 Å². The summed E-state index contributed by atoms with van der Waals surface area (Å²) in [5, 5.41) is 0.901. The van der Waals surface area contributed by atoms with E-state index in [1.54, 1.807) is 25.3 Å². The zero-order chi connectivity index (χ0) is 14.7. The number of hydrogen-bond acceptors (Lipinski definition) is 4. The summed E-state index contributed by atoms with van der Waals surface area (Å²) in [4.78, 5) is 12.1. The Hall–Kier alpha value is -2.75. The average molecular weight is 282 g/mol. The molecule has 4 nitrogen and oxygen atoms in total. The van der Waals surface area contributed by atoms with E-state index >= 15 is 0 Å². The van der Waals surface area contributed by atoms with E-state index in [9.17, 15) is 4.79 Å². The third-order valence-corrected chi connectivity index (χ3v) is 3.13. The maximum Gasteiger partial charge on any atom is 0.235 e. The molecule has 0 saturated heterocycles. The minimum absolute atomic E-state index is 0.0970. The fourth-order valence-electron chi connectivity index (χ4n) is 2.07. The largest absolute Gasteiger partial charge is 0.493 e. The van der Waals surface area contributed by atoms with Gasteiger partial charge < -0.3 is 13.9 Å². The van der Waals surface area contributed by atoms with E-state index in [-0.39, 0.29) is 12.4 Å². The smallest absolute Gasteiger partial charge is 0.235 e. The fraction of sp³-hybridized carbons (Fsp3) is 0.118. The van der Waals surface area contributed by atoms with Crippen LogP contribution in [0.5, 0.6) is 11.5 Å². The van der Waals surface area contributed by atoms with E-state index in [2.05, 4.69) is 0 Å². The van der Waals surface area contributed by atoms with E-state index in [0.717, 1.165) is 5.39 Å². The second-order valence-corrected chi connectivity index (χ2v) is 4.51. The molecule has 0 radical (unpaired) electrons. The number of Topliss-reactive ketones (excluding diaryl/α,β-unsaturated/α-hetero) is 1. The molecule has 4 heteroatoms. The summed E-state index contributed by atoms with van der Waals surface area (Å²) >= 11 is 0. The zero-order valence-electron chi connectivity index (χ0n) is 11.5. The summed E-state index contributed by atoms with van der Waals surface area (Å²) in [6.45, 7) is -0.0970. The van der Waals surface area contributed by atoms with E-state index in [4.69, 9.17) is 13.9 Å².